The van der Waals surface area contributed by atoms with E-state index in [-0.39, 0.29) is 10.6 Å². The fourth-order valence-electron chi connectivity index (χ4n) is 2.56. The van der Waals surface area contributed by atoms with E-state index in [2.05, 4.69) is 5.32 Å². The third-order valence-corrected chi connectivity index (χ3v) is 4.01. The van der Waals surface area contributed by atoms with Gasteiger partial charge >= 0.3 is 5.97 Å². The van der Waals surface area contributed by atoms with Crippen molar-refractivity contribution in [3.8, 4) is 0 Å². The Morgan fingerprint density at radius 3 is 2.59 bits per heavy atom. The van der Waals surface area contributed by atoms with Crippen LogP contribution in [0.4, 0.5) is 11.4 Å². The number of carbonyl (C=O) groups is 2. The molecule has 7 nitrogen and oxygen atoms in total. The molecule has 0 fully saturated rings. The van der Waals surface area contributed by atoms with E-state index >= 15 is 0 Å². The number of hydrogen-bond donors (Lipinski definition) is 1. The Bertz CT molecular complexity index is 1050. The number of nitrogens with zero attached hydrogens (tertiary/aromatic N) is 1. The molecule has 0 aliphatic carbocycles. The van der Waals surface area contributed by atoms with Crippen molar-refractivity contribution in [2.75, 3.05) is 11.9 Å². The summed E-state index contributed by atoms with van der Waals surface area (Å²) in [5, 5.41) is 15.6. The van der Waals surface area contributed by atoms with Crippen LogP contribution < -0.4 is 5.32 Å². The highest BCUT2D eigenvalue weighted by Crippen LogP contribution is 2.24. The summed E-state index contributed by atoms with van der Waals surface area (Å²) in [7, 11) is 0. The average Bonchev–Trinajstić information content (AvgIpc) is 2.66. The lowest BCUT2D eigenvalue weighted by Crippen LogP contribution is -2.21. The van der Waals surface area contributed by atoms with Gasteiger partial charge in [-0.2, -0.15) is 0 Å². The second-order valence-corrected chi connectivity index (χ2v) is 6.01. The van der Waals surface area contributed by atoms with Crippen LogP contribution in [0.3, 0.4) is 0 Å². The molecule has 0 radical (unpaired) electrons. The summed E-state index contributed by atoms with van der Waals surface area (Å²) < 4.78 is 4.91. The zero-order valence-electron chi connectivity index (χ0n) is 13.8. The maximum atomic E-state index is 12.1. The van der Waals surface area contributed by atoms with E-state index in [4.69, 9.17) is 16.3 Å². The van der Waals surface area contributed by atoms with Crippen LogP contribution in [0.2, 0.25) is 5.02 Å². The summed E-state index contributed by atoms with van der Waals surface area (Å²) in [5.41, 5.74) is -0.184. The first-order chi connectivity index (χ1) is 13.0. The Hall–Kier alpha value is -3.45. The van der Waals surface area contributed by atoms with E-state index in [9.17, 15) is 19.7 Å². The van der Waals surface area contributed by atoms with Crippen LogP contribution in [-0.4, -0.2) is 23.4 Å². The molecule has 0 aliphatic rings. The molecule has 0 aliphatic heterocycles. The van der Waals surface area contributed by atoms with E-state index in [1.807, 2.05) is 30.3 Å². The lowest BCUT2D eigenvalue weighted by molar-refractivity contribution is -0.385. The van der Waals surface area contributed by atoms with Crippen molar-refractivity contribution in [3.63, 3.8) is 0 Å². The van der Waals surface area contributed by atoms with Gasteiger partial charge in [0.2, 0.25) is 0 Å². The Morgan fingerprint density at radius 1 is 1.07 bits per heavy atom. The van der Waals surface area contributed by atoms with Gasteiger partial charge in [-0.25, -0.2) is 4.79 Å². The summed E-state index contributed by atoms with van der Waals surface area (Å²) in [6.07, 6.45) is 0. The van der Waals surface area contributed by atoms with Crippen molar-refractivity contribution in [1.82, 2.24) is 0 Å². The molecule has 3 aromatic carbocycles. The van der Waals surface area contributed by atoms with Crippen LogP contribution in [-0.2, 0) is 9.53 Å². The molecule has 0 atom stereocenters. The molecule has 0 aromatic heterocycles. The summed E-state index contributed by atoms with van der Waals surface area (Å²) in [5.74, 6) is -1.54. The molecule has 3 aromatic rings. The predicted octanol–water partition coefficient (Wildman–Crippen LogP) is 4.20. The molecule has 0 heterocycles. The quantitative estimate of drug-likeness (QED) is 0.404. The Balaban J connectivity index is 1.69. The highest BCUT2D eigenvalue weighted by atomic mass is 35.5. The first-order valence-corrected chi connectivity index (χ1v) is 8.22. The first kappa shape index (κ1) is 18.3. The molecule has 8 heteroatoms. The van der Waals surface area contributed by atoms with Crippen molar-refractivity contribution < 1.29 is 19.2 Å². The van der Waals surface area contributed by atoms with Crippen molar-refractivity contribution in [2.24, 2.45) is 0 Å². The van der Waals surface area contributed by atoms with Crippen LogP contribution in [0.15, 0.2) is 60.7 Å². The highest BCUT2D eigenvalue weighted by molar-refractivity contribution is 6.31. The number of ether oxygens (including phenoxy) is 1. The standard InChI is InChI=1S/C19H13ClN2O5/c20-13-8-9-15(17(10-13)22(25)26)19(24)27-11-18(23)21-16-7-3-5-12-4-1-2-6-14(12)16/h1-10H,11H2,(H,21,23). The lowest BCUT2D eigenvalue weighted by Gasteiger charge is -2.09. The molecule has 1 amide bonds. The van der Waals surface area contributed by atoms with Gasteiger partial charge in [0.05, 0.1) is 4.92 Å². The van der Waals surface area contributed by atoms with Gasteiger partial charge in [-0.1, -0.05) is 48.0 Å². The number of nitro benzene ring substituents is 1. The van der Waals surface area contributed by atoms with Gasteiger partial charge in [0.15, 0.2) is 6.61 Å². The van der Waals surface area contributed by atoms with Gasteiger partial charge in [-0.3, -0.25) is 14.9 Å². The van der Waals surface area contributed by atoms with Gasteiger partial charge in [0, 0.05) is 22.2 Å². The molecule has 0 bridgehead atoms. The second-order valence-electron chi connectivity index (χ2n) is 5.57. The van der Waals surface area contributed by atoms with Crippen LogP contribution >= 0.6 is 11.6 Å². The largest absolute Gasteiger partial charge is 0.452 e. The molecule has 0 saturated carbocycles. The number of nitro groups is 1. The maximum absolute atomic E-state index is 12.1. The Kier molecular flexibility index (Phi) is 5.33. The Morgan fingerprint density at radius 2 is 1.81 bits per heavy atom. The number of carbonyl (C=O) groups excluding carboxylic acids is 2. The topological polar surface area (TPSA) is 98.5 Å². The predicted molar refractivity (Wildman–Crippen MR) is 101 cm³/mol. The molecule has 0 spiro atoms. The molecular formula is C19H13ClN2O5. The summed E-state index contributed by atoms with van der Waals surface area (Å²) in [4.78, 5) is 34.5. The number of amides is 1. The minimum Gasteiger partial charge on any atom is -0.452 e. The molecule has 27 heavy (non-hydrogen) atoms. The number of anilines is 1. The fourth-order valence-corrected chi connectivity index (χ4v) is 2.72. The van der Waals surface area contributed by atoms with Crippen LogP contribution in [0.1, 0.15) is 10.4 Å². The summed E-state index contributed by atoms with van der Waals surface area (Å²) in [6, 6.07) is 16.5. The fraction of sp³-hybridized carbons (Fsp3) is 0.0526. The van der Waals surface area contributed by atoms with Crippen molar-refractivity contribution in [3.05, 3.63) is 81.4 Å². The number of esters is 1. The number of rotatable bonds is 5. The average molecular weight is 385 g/mol. The zero-order valence-corrected chi connectivity index (χ0v) is 14.6. The Labute approximate surface area is 158 Å². The molecular weight excluding hydrogens is 372 g/mol. The number of hydrogen-bond acceptors (Lipinski definition) is 5. The van der Waals surface area contributed by atoms with Gasteiger partial charge in [0.25, 0.3) is 11.6 Å². The van der Waals surface area contributed by atoms with E-state index in [1.165, 1.54) is 12.1 Å². The van der Waals surface area contributed by atoms with Crippen LogP contribution in [0.5, 0.6) is 0 Å². The molecule has 0 unspecified atom stereocenters. The summed E-state index contributed by atoms with van der Waals surface area (Å²) >= 11 is 5.71. The second kappa shape index (κ2) is 7.84. The third-order valence-electron chi connectivity index (χ3n) is 3.77. The van der Waals surface area contributed by atoms with E-state index in [0.717, 1.165) is 16.8 Å². The van der Waals surface area contributed by atoms with Crippen molar-refractivity contribution in [2.45, 2.75) is 0 Å². The number of halogens is 1. The van der Waals surface area contributed by atoms with Gasteiger partial charge in [-0.15, -0.1) is 0 Å². The zero-order chi connectivity index (χ0) is 19.4. The summed E-state index contributed by atoms with van der Waals surface area (Å²) in [6.45, 7) is -0.582. The van der Waals surface area contributed by atoms with Crippen LogP contribution in [0.25, 0.3) is 10.8 Å². The number of fused-ring (bicyclic) bond motifs is 1. The van der Waals surface area contributed by atoms with E-state index in [1.54, 1.807) is 12.1 Å². The van der Waals surface area contributed by atoms with Gasteiger partial charge in [0.1, 0.15) is 5.56 Å². The molecule has 3 rings (SSSR count). The monoisotopic (exact) mass is 384 g/mol. The van der Waals surface area contributed by atoms with E-state index < -0.39 is 29.1 Å². The first-order valence-electron chi connectivity index (χ1n) is 7.84. The van der Waals surface area contributed by atoms with E-state index in [0.29, 0.717) is 5.69 Å². The maximum Gasteiger partial charge on any atom is 0.345 e. The van der Waals surface area contributed by atoms with Crippen LogP contribution in [0, 0.1) is 10.1 Å². The SMILES string of the molecule is O=C(COC(=O)c1ccc(Cl)cc1[N+](=O)[O-])Nc1cccc2ccccc12. The number of nitrogens with one attached hydrogen (secondary N) is 1. The smallest absolute Gasteiger partial charge is 0.345 e. The minimum absolute atomic E-state index is 0.118. The lowest BCUT2D eigenvalue weighted by atomic mass is 10.1. The minimum atomic E-state index is -0.980. The van der Waals surface area contributed by atoms with Gasteiger partial charge in [-0.05, 0) is 23.6 Å². The highest BCUT2D eigenvalue weighted by Gasteiger charge is 2.22. The molecule has 136 valence electrons. The molecule has 0 saturated heterocycles. The van der Waals surface area contributed by atoms with Gasteiger partial charge < -0.3 is 10.1 Å². The normalized spacial score (nSPS) is 10.4. The molecule has 1 N–H and O–H groups in total. The third kappa shape index (κ3) is 4.21. The number of benzene rings is 3. The van der Waals surface area contributed by atoms with Crippen molar-refractivity contribution >= 4 is 45.6 Å². The van der Waals surface area contributed by atoms with Crippen molar-refractivity contribution in [1.29, 1.82) is 0 Å².